The minimum atomic E-state index is 0.394. The van der Waals surface area contributed by atoms with Crippen LogP contribution >= 0.6 is 0 Å². The third kappa shape index (κ3) is 4.51. The second-order valence-corrected chi connectivity index (χ2v) is 4.74. The molecule has 0 amide bonds. The number of benzene rings is 1. The maximum atomic E-state index is 5.39. The third-order valence-electron chi connectivity index (χ3n) is 2.89. The van der Waals surface area contributed by atoms with Gasteiger partial charge in [0.1, 0.15) is 0 Å². The Labute approximate surface area is 120 Å². The molecule has 3 nitrogen and oxygen atoms in total. The third-order valence-corrected chi connectivity index (χ3v) is 2.89. The van der Waals surface area contributed by atoms with E-state index in [-0.39, 0.29) is 0 Å². The van der Waals surface area contributed by atoms with E-state index in [4.69, 9.17) is 5.73 Å². The molecule has 1 heterocycles. The molecule has 0 saturated heterocycles. The molecule has 2 aromatic rings. The van der Waals surface area contributed by atoms with Gasteiger partial charge in [-0.3, -0.25) is 9.88 Å². The van der Waals surface area contributed by atoms with E-state index < -0.39 is 0 Å². The summed E-state index contributed by atoms with van der Waals surface area (Å²) in [5.41, 5.74) is 8.88. The zero-order chi connectivity index (χ0) is 14.2. The highest BCUT2D eigenvalue weighted by molar-refractivity contribution is 5.37. The molecule has 0 aliphatic heterocycles. The van der Waals surface area contributed by atoms with Crippen LogP contribution in [0.15, 0.2) is 48.8 Å². The quantitative estimate of drug-likeness (QED) is 0.860. The highest BCUT2D eigenvalue weighted by atomic mass is 15.1. The highest BCUT2D eigenvalue weighted by Crippen LogP contribution is 2.09. The number of nitrogens with two attached hydrogens (primary N) is 1. The summed E-state index contributed by atoms with van der Waals surface area (Å²) in [7, 11) is 2.10. The molecule has 20 heavy (non-hydrogen) atoms. The Morgan fingerprint density at radius 3 is 2.70 bits per heavy atom. The van der Waals surface area contributed by atoms with Crippen molar-refractivity contribution in [1.29, 1.82) is 0 Å². The Morgan fingerprint density at radius 1 is 1.15 bits per heavy atom. The van der Waals surface area contributed by atoms with Gasteiger partial charge in [-0.2, -0.15) is 0 Å². The summed E-state index contributed by atoms with van der Waals surface area (Å²) >= 11 is 0. The molecular weight excluding hydrogens is 246 g/mol. The van der Waals surface area contributed by atoms with Gasteiger partial charge in [-0.05, 0) is 36.4 Å². The normalized spacial score (nSPS) is 10.2. The number of aromatic nitrogens is 1. The van der Waals surface area contributed by atoms with Crippen LogP contribution in [-0.4, -0.2) is 23.5 Å². The van der Waals surface area contributed by atoms with Crippen molar-refractivity contribution in [2.45, 2.75) is 13.1 Å². The Morgan fingerprint density at radius 2 is 1.95 bits per heavy atom. The fourth-order valence-corrected chi connectivity index (χ4v) is 2.07. The zero-order valence-electron chi connectivity index (χ0n) is 11.7. The molecule has 1 aromatic carbocycles. The largest absolute Gasteiger partial charge is 0.320 e. The SMILES string of the molecule is CN(Cc1cccnc1)Cc1cccc(C#CCN)c1. The van der Waals surface area contributed by atoms with Crippen molar-refractivity contribution >= 4 is 0 Å². The van der Waals surface area contributed by atoms with E-state index in [1.165, 1.54) is 11.1 Å². The van der Waals surface area contributed by atoms with Gasteiger partial charge in [0.15, 0.2) is 0 Å². The Bertz CT molecular complexity index is 596. The van der Waals surface area contributed by atoms with E-state index in [9.17, 15) is 0 Å². The number of pyridine rings is 1. The lowest BCUT2D eigenvalue weighted by Gasteiger charge is -2.16. The molecule has 2 rings (SSSR count). The van der Waals surface area contributed by atoms with Crippen LogP contribution in [0.5, 0.6) is 0 Å². The Balaban J connectivity index is 1.99. The van der Waals surface area contributed by atoms with E-state index >= 15 is 0 Å². The van der Waals surface area contributed by atoms with Crippen LogP contribution in [-0.2, 0) is 13.1 Å². The van der Waals surface area contributed by atoms with E-state index in [1.807, 2.05) is 24.4 Å². The van der Waals surface area contributed by atoms with E-state index in [0.717, 1.165) is 18.7 Å². The van der Waals surface area contributed by atoms with Crippen LogP contribution in [0.4, 0.5) is 0 Å². The molecule has 0 fully saturated rings. The van der Waals surface area contributed by atoms with Crippen molar-refractivity contribution in [1.82, 2.24) is 9.88 Å². The topological polar surface area (TPSA) is 42.2 Å². The lowest BCUT2D eigenvalue weighted by Crippen LogP contribution is -2.17. The summed E-state index contributed by atoms with van der Waals surface area (Å²) in [6.07, 6.45) is 3.70. The smallest absolute Gasteiger partial charge is 0.0555 e. The van der Waals surface area contributed by atoms with Gasteiger partial charge in [0.2, 0.25) is 0 Å². The molecule has 0 saturated carbocycles. The van der Waals surface area contributed by atoms with Gasteiger partial charge >= 0.3 is 0 Å². The molecular formula is C17H19N3. The summed E-state index contributed by atoms with van der Waals surface area (Å²) in [4.78, 5) is 6.39. The van der Waals surface area contributed by atoms with Gasteiger partial charge in [0.05, 0.1) is 6.54 Å². The van der Waals surface area contributed by atoms with E-state index in [1.54, 1.807) is 6.20 Å². The molecule has 0 bridgehead atoms. The zero-order valence-corrected chi connectivity index (χ0v) is 11.7. The van der Waals surface area contributed by atoms with Crippen molar-refractivity contribution in [2.75, 3.05) is 13.6 Å². The molecule has 0 spiro atoms. The minimum Gasteiger partial charge on any atom is -0.320 e. The number of rotatable bonds is 4. The standard InChI is InChI=1S/C17H19N3/c1-20(14-17-8-4-10-19-12-17)13-16-6-2-5-15(11-16)7-3-9-18/h2,4-6,8,10-12H,9,13-14,18H2,1H3. The second-order valence-electron chi connectivity index (χ2n) is 4.74. The maximum absolute atomic E-state index is 5.39. The van der Waals surface area contributed by atoms with Crippen molar-refractivity contribution in [3.8, 4) is 11.8 Å². The average Bonchev–Trinajstić information content (AvgIpc) is 2.46. The molecule has 0 aliphatic carbocycles. The first-order valence-electron chi connectivity index (χ1n) is 6.63. The summed E-state index contributed by atoms with van der Waals surface area (Å²) < 4.78 is 0. The molecule has 0 unspecified atom stereocenters. The highest BCUT2D eigenvalue weighted by Gasteiger charge is 2.02. The molecule has 0 aliphatic rings. The first kappa shape index (κ1) is 14.3. The molecule has 102 valence electrons. The lowest BCUT2D eigenvalue weighted by molar-refractivity contribution is 0.318. The number of nitrogens with zero attached hydrogens (tertiary/aromatic N) is 2. The monoisotopic (exact) mass is 265 g/mol. The molecule has 0 radical (unpaired) electrons. The minimum absolute atomic E-state index is 0.394. The molecule has 1 aromatic heterocycles. The lowest BCUT2D eigenvalue weighted by atomic mass is 10.1. The van der Waals surface area contributed by atoms with Crippen LogP contribution in [0.3, 0.4) is 0 Å². The summed E-state index contributed by atoms with van der Waals surface area (Å²) in [6, 6.07) is 12.3. The predicted molar refractivity (Wildman–Crippen MR) is 81.8 cm³/mol. The van der Waals surface area contributed by atoms with Gasteiger partial charge in [-0.1, -0.05) is 30.0 Å². The summed E-state index contributed by atoms with van der Waals surface area (Å²) in [6.45, 7) is 2.16. The van der Waals surface area contributed by atoms with Crippen LogP contribution in [0.2, 0.25) is 0 Å². The van der Waals surface area contributed by atoms with Crippen LogP contribution in [0, 0.1) is 11.8 Å². The maximum Gasteiger partial charge on any atom is 0.0555 e. The molecule has 2 N–H and O–H groups in total. The van der Waals surface area contributed by atoms with Crippen molar-refractivity contribution < 1.29 is 0 Å². The van der Waals surface area contributed by atoms with Crippen molar-refractivity contribution in [3.05, 3.63) is 65.5 Å². The van der Waals surface area contributed by atoms with Crippen molar-refractivity contribution in [2.24, 2.45) is 5.73 Å². The first-order chi connectivity index (χ1) is 9.78. The Hall–Kier alpha value is -2.15. The average molecular weight is 265 g/mol. The fraction of sp³-hybridized carbons (Fsp3) is 0.235. The number of hydrogen-bond acceptors (Lipinski definition) is 3. The van der Waals surface area contributed by atoms with E-state index in [0.29, 0.717) is 6.54 Å². The molecule has 3 heteroatoms. The van der Waals surface area contributed by atoms with Gasteiger partial charge < -0.3 is 5.73 Å². The number of hydrogen-bond donors (Lipinski definition) is 1. The van der Waals surface area contributed by atoms with Crippen molar-refractivity contribution in [3.63, 3.8) is 0 Å². The van der Waals surface area contributed by atoms with Gasteiger partial charge in [0.25, 0.3) is 0 Å². The van der Waals surface area contributed by atoms with E-state index in [2.05, 4.69) is 47.0 Å². The molecule has 0 atom stereocenters. The van der Waals surface area contributed by atoms with Gasteiger partial charge in [0, 0.05) is 31.0 Å². The fourth-order valence-electron chi connectivity index (χ4n) is 2.07. The van der Waals surface area contributed by atoms with Gasteiger partial charge in [-0.25, -0.2) is 0 Å². The second kappa shape index (κ2) is 7.44. The predicted octanol–water partition coefficient (Wildman–Crippen LogP) is 2.02. The van der Waals surface area contributed by atoms with Gasteiger partial charge in [-0.15, -0.1) is 0 Å². The van der Waals surface area contributed by atoms with Crippen LogP contribution in [0.25, 0.3) is 0 Å². The van der Waals surface area contributed by atoms with Crippen LogP contribution < -0.4 is 5.73 Å². The summed E-state index contributed by atoms with van der Waals surface area (Å²) in [5.74, 6) is 5.94. The van der Waals surface area contributed by atoms with Crippen LogP contribution in [0.1, 0.15) is 16.7 Å². The first-order valence-corrected chi connectivity index (χ1v) is 6.63. The Kier molecular flexibility index (Phi) is 5.31. The summed E-state index contributed by atoms with van der Waals surface area (Å²) in [5, 5.41) is 0.